The molecule has 0 aromatic heterocycles. The summed E-state index contributed by atoms with van der Waals surface area (Å²) in [7, 11) is 0. The summed E-state index contributed by atoms with van der Waals surface area (Å²) < 4.78 is 0. The van der Waals surface area contributed by atoms with Crippen LogP contribution in [-0.2, 0) is 11.2 Å². The molecule has 0 aliphatic carbocycles. The molecule has 0 atom stereocenters. The van der Waals surface area contributed by atoms with E-state index in [1.54, 1.807) is 0 Å². The third kappa shape index (κ3) is 2.59. The van der Waals surface area contributed by atoms with Gasteiger partial charge in [0.05, 0.1) is 15.9 Å². The topological polar surface area (TPSA) is 103 Å². The maximum Gasteiger partial charge on any atom is 0.279 e. The molecule has 7 nitrogen and oxygen atoms in total. The van der Waals surface area contributed by atoms with Crippen molar-refractivity contribution in [2.75, 3.05) is 0 Å². The Morgan fingerprint density at radius 3 is 2.31 bits per heavy atom. The minimum Gasteiger partial charge on any atom is -0.300 e. The number of nitro groups is 2. The van der Waals surface area contributed by atoms with Gasteiger partial charge in [0.1, 0.15) is 5.78 Å². The highest BCUT2D eigenvalue weighted by Gasteiger charge is 2.19. The Morgan fingerprint density at radius 2 is 1.88 bits per heavy atom. The second kappa shape index (κ2) is 4.47. The molecule has 7 heteroatoms. The number of hydrogen-bond donors (Lipinski definition) is 0. The van der Waals surface area contributed by atoms with Crippen LogP contribution in [0.2, 0.25) is 0 Å². The number of Topliss-reactive ketones (excluding diaryl/α,β-unsaturated/α-hetero) is 1. The molecule has 1 aromatic rings. The molecular weight excluding hydrogens is 216 g/mol. The molecule has 0 unspecified atom stereocenters. The zero-order valence-electron chi connectivity index (χ0n) is 8.37. The first-order chi connectivity index (χ1) is 7.41. The van der Waals surface area contributed by atoms with Gasteiger partial charge in [-0.15, -0.1) is 0 Å². The predicted molar refractivity (Wildman–Crippen MR) is 54.1 cm³/mol. The van der Waals surface area contributed by atoms with Gasteiger partial charge in [-0.05, 0) is 13.0 Å². The monoisotopic (exact) mass is 224 g/mol. The number of nitrogens with zero attached hydrogens (tertiary/aromatic N) is 2. The summed E-state index contributed by atoms with van der Waals surface area (Å²) in [5.74, 6) is -0.239. The summed E-state index contributed by atoms with van der Waals surface area (Å²) in [6, 6.07) is 3.24. The van der Waals surface area contributed by atoms with Gasteiger partial charge in [-0.25, -0.2) is 0 Å². The molecule has 0 N–H and O–H groups in total. The van der Waals surface area contributed by atoms with E-state index in [2.05, 4.69) is 0 Å². The maximum absolute atomic E-state index is 10.9. The molecule has 0 amide bonds. The lowest BCUT2D eigenvalue weighted by atomic mass is 10.1. The van der Waals surface area contributed by atoms with Crippen LogP contribution < -0.4 is 0 Å². The zero-order valence-corrected chi connectivity index (χ0v) is 8.37. The average Bonchev–Trinajstić information content (AvgIpc) is 2.16. The Labute approximate surface area is 90.0 Å². The fourth-order valence-electron chi connectivity index (χ4n) is 1.25. The summed E-state index contributed by atoms with van der Waals surface area (Å²) in [4.78, 5) is 30.5. The highest BCUT2D eigenvalue weighted by atomic mass is 16.6. The molecule has 0 spiro atoms. The van der Waals surface area contributed by atoms with Gasteiger partial charge in [-0.1, -0.05) is 0 Å². The average molecular weight is 224 g/mol. The predicted octanol–water partition coefficient (Wildman–Crippen LogP) is 1.63. The van der Waals surface area contributed by atoms with E-state index in [9.17, 15) is 25.0 Å². The van der Waals surface area contributed by atoms with Crippen molar-refractivity contribution in [1.29, 1.82) is 0 Å². The van der Waals surface area contributed by atoms with Gasteiger partial charge in [0.15, 0.2) is 0 Å². The summed E-state index contributed by atoms with van der Waals surface area (Å²) in [6.45, 7) is 1.30. The Kier molecular flexibility index (Phi) is 3.29. The summed E-state index contributed by atoms with van der Waals surface area (Å²) in [5.41, 5.74) is -0.577. The van der Waals surface area contributed by atoms with Gasteiger partial charge in [-0.3, -0.25) is 25.0 Å². The number of carbonyl (C=O) groups is 1. The van der Waals surface area contributed by atoms with E-state index >= 15 is 0 Å². The second-order valence-electron chi connectivity index (χ2n) is 3.21. The van der Waals surface area contributed by atoms with Crippen LogP contribution in [0.4, 0.5) is 11.4 Å². The maximum atomic E-state index is 10.9. The van der Waals surface area contributed by atoms with Crippen molar-refractivity contribution in [3.8, 4) is 0 Å². The van der Waals surface area contributed by atoms with Crippen molar-refractivity contribution in [2.24, 2.45) is 0 Å². The van der Waals surface area contributed by atoms with Crippen molar-refractivity contribution >= 4 is 17.2 Å². The van der Waals surface area contributed by atoms with Crippen LogP contribution in [0.15, 0.2) is 18.2 Å². The van der Waals surface area contributed by atoms with E-state index in [0.29, 0.717) is 0 Å². The quantitative estimate of drug-likeness (QED) is 0.571. The number of non-ortho nitro benzene ring substituents is 1. The number of hydrogen-bond acceptors (Lipinski definition) is 5. The number of carbonyl (C=O) groups excluding carboxylic acids is 1. The molecule has 0 aliphatic heterocycles. The number of benzene rings is 1. The Morgan fingerprint density at radius 1 is 1.25 bits per heavy atom. The van der Waals surface area contributed by atoms with Crippen molar-refractivity contribution in [3.05, 3.63) is 44.0 Å². The third-order valence-corrected chi connectivity index (χ3v) is 1.92. The highest BCUT2D eigenvalue weighted by molar-refractivity contribution is 5.79. The fraction of sp³-hybridized carbons (Fsp3) is 0.222. The number of rotatable bonds is 4. The molecule has 0 bridgehead atoms. The largest absolute Gasteiger partial charge is 0.300 e. The van der Waals surface area contributed by atoms with E-state index in [1.165, 1.54) is 13.0 Å². The van der Waals surface area contributed by atoms with Crippen LogP contribution >= 0.6 is 0 Å². The SMILES string of the molecule is CC(=O)Cc1ccc([N+](=O)[O-])cc1[N+](=O)[O-]. The minimum absolute atomic E-state index is 0.103. The lowest BCUT2D eigenvalue weighted by molar-refractivity contribution is -0.394. The molecular formula is C9H8N2O5. The first kappa shape index (κ1) is 11.8. The van der Waals surface area contributed by atoms with E-state index in [0.717, 1.165) is 12.1 Å². The van der Waals surface area contributed by atoms with Crippen molar-refractivity contribution < 1.29 is 14.6 Å². The lowest BCUT2D eigenvalue weighted by Gasteiger charge is -2.00. The minimum atomic E-state index is -0.731. The van der Waals surface area contributed by atoms with E-state index in [1.807, 2.05) is 0 Å². The third-order valence-electron chi connectivity index (χ3n) is 1.92. The standard InChI is InChI=1S/C9H8N2O5/c1-6(12)4-7-2-3-8(10(13)14)5-9(7)11(15)16/h2-3,5H,4H2,1H3. The van der Waals surface area contributed by atoms with Gasteiger partial charge in [-0.2, -0.15) is 0 Å². The highest BCUT2D eigenvalue weighted by Crippen LogP contribution is 2.24. The molecule has 1 aromatic carbocycles. The normalized spacial score (nSPS) is 9.81. The van der Waals surface area contributed by atoms with Crippen LogP contribution in [-0.4, -0.2) is 15.6 Å². The van der Waals surface area contributed by atoms with Gasteiger partial charge in [0.2, 0.25) is 0 Å². The van der Waals surface area contributed by atoms with Crippen LogP contribution in [0.3, 0.4) is 0 Å². The summed E-state index contributed by atoms with van der Waals surface area (Å²) >= 11 is 0. The van der Waals surface area contributed by atoms with Crippen molar-refractivity contribution in [3.63, 3.8) is 0 Å². The fourth-order valence-corrected chi connectivity index (χ4v) is 1.25. The van der Waals surface area contributed by atoms with Gasteiger partial charge in [0.25, 0.3) is 11.4 Å². The first-order valence-corrected chi connectivity index (χ1v) is 4.33. The second-order valence-corrected chi connectivity index (χ2v) is 3.21. The molecule has 0 radical (unpaired) electrons. The van der Waals surface area contributed by atoms with E-state index in [4.69, 9.17) is 0 Å². The van der Waals surface area contributed by atoms with Crippen molar-refractivity contribution in [2.45, 2.75) is 13.3 Å². The molecule has 0 saturated carbocycles. The van der Waals surface area contributed by atoms with Crippen LogP contribution in [0, 0.1) is 20.2 Å². The number of ketones is 1. The molecule has 0 aliphatic rings. The molecule has 16 heavy (non-hydrogen) atoms. The summed E-state index contributed by atoms with van der Waals surface area (Å²) in [5, 5.41) is 21.1. The molecule has 1 rings (SSSR count). The number of nitro benzene ring substituents is 2. The van der Waals surface area contributed by atoms with Crippen LogP contribution in [0.25, 0.3) is 0 Å². The Hall–Kier alpha value is -2.31. The van der Waals surface area contributed by atoms with Crippen molar-refractivity contribution in [1.82, 2.24) is 0 Å². The van der Waals surface area contributed by atoms with Gasteiger partial charge < -0.3 is 0 Å². The zero-order chi connectivity index (χ0) is 12.3. The lowest BCUT2D eigenvalue weighted by Crippen LogP contribution is -2.02. The Balaban J connectivity index is 3.24. The molecule has 0 saturated heterocycles. The molecule has 0 fully saturated rings. The van der Waals surface area contributed by atoms with E-state index < -0.39 is 15.5 Å². The van der Waals surface area contributed by atoms with Gasteiger partial charge >= 0.3 is 0 Å². The smallest absolute Gasteiger partial charge is 0.279 e. The van der Waals surface area contributed by atoms with E-state index in [-0.39, 0.29) is 23.5 Å². The van der Waals surface area contributed by atoms with Gasteiger partial charge in [0, 0.05) is 18.1 Å². The van der Waals surface area contributed by atoms with Crippen LogP contribution in [0.1, 0.15) is 12.5 Å². The molecule has 0 heterocycles. The van der Waals surface area contributed by atoms with Crippen LogP contribution in [0.5, 0.6) is 0 Å². The molecule has 84 valence electrons. The summed E-state index contributed by atoms with van der Waals surface area (Å²) in [6.07, 6.45) is -0.103. The Bertz CT molecular complexity index is 469. The first-order valence-electron chi connectivity index (χ1n) is 4.33.